The minimum Gasteiger partial charge on any atom is -0.456 e. The first kappa shape index (κ1) is 14.0. The van der Waals surface area contributed by atoms with E-state index in [4.69, 9.17) is 4.74 Å². The van der Waals surface area contributed by atoms with Crippen molar-refractivity contribution in [1.82, 2.24) is 0 Å². The minimum absolute atomic E-state index is 0.258. The van der Waals surface area contributed by atoms with Gasteiger partial charge in [-0.3, -0.25) is 0 Å². The van der Waals surface area contributed by atoms with Gasteiger partial charge < -0.3 is 9.84 Å². The summed E-state index contributed by atoms with van der Waals surface area (Å²) < 4.78 is 32.4. The summed E-state index contributed by atoms with van der Waals surface area (Å²) in [6, 6.07) is 7.81. The van der Waals surface area contributed by atoms with E-state index in [1.807, 2.05) is 0 Å². The van der Waals surface area contributed by atoms with E-state index in [9.17, 15) is 13.9 Å². The first-order valence-electron chi connectivity index (χ1n) is 5.58. The molecule has 0 radical (unpaired) electrons. The van der Waals surface area contributed by atoms with Gasteiger partial charge in [-0.2, -0.15) is 0 Å². The van der Waals surface area contributed by atoms with Crippen LogP contribution < -0.4 is 4.74 Å². The van der Waals surface area contributed by atoms with Crippen LogP contribution in [0.2, 0.25) is 0 Å². The molecule has 5 heteroatoms. The second kappa shape index (κ2) is 5.67. The molecule has 1 N–H and O–H groups in total. The van der Waals surface area contributed by atoms with Gasteiger partial charge in [-0.25, -0.2) is 8.78 Å². The van der Waals surface area contributed by atoms with Crippen LogP contribution in [0.4, 0.5) is 8.78 Å². The fraction of sp³-hybridized carbons (Fsp3) is 0.143. The van der Waals surface area contributed by atoms with E-state index in [0.717, 1.165) is 0 Å². The molecule has 0 saturated heterocycles. The van der Waals surface area contributed by atoms with Gasteiger partial charge in [-0.1, -0.05) is 0 Å². The Hall–Kier alpha value is -1.46. The Balaban J connectivity index is 2.40. The van der Waals surface area contributed by atoms with Crippen LogP contribution in [0.5, 0.6) is 11.5 Å². The molecule has 1 atom stereocenters. The Morgan fingerprint density at radius 1 is 1.05 bits per heavy atom. The molecule has 0 heterocycles. The number of ether oxygens (including phenoxy) is 1. The number of rotatable bonds is 3. The van der Waals surface area contributed by atoms with E-state index >= 15 is 0 Å². The summed E-state index contributed by atoms with van der Waals surface area (Å²) in [5, 5.41) is 9.60. The number of halogens is 3. The van der Waals surface area contributed by atoms with Gasteiger partial charge in [0.15, 0.2) is 0 Å². The second-order valence-corrected chi connectivity index (χ2v) is 4.89. The summed E-state index contributed by atoms with van der Waals surface area (Å²) in [5.74, 6) is -0.378. The van der Waals surface area contributed by atoms with E-state index in [0.29, 0.717) is 10.0 Å². The van der Waals surface area contributed by atoms with Crippen molar-refractivity contribution in [3.05, 3.63) is 58.1 Å². The third kappa shape index (κ3) is 3.30. The predicted octanol–water partition coefficient (Wildman–Crippen LogP) is 4.57. The SMILES string of the molecule is CC(O)c1cc(F)ccc1Oc1cc(F)ccc1Br. The fourth-order valence-corrected chi connectivity index (χ4v) is 1.94. The van der Waals surface area contributed by atoms with Crippen LogP contribution in [0.1, 0.15) is 18.6 Å². The molecule has 0 aliphatic heterocycles. The first-order chi connectivity index (χ1) is 8.97. The summed E-state index contributed by atoms with van der Waals surface area (Å²) in [5.41, 5.74) is 0.302. The zero-order chi connectivity index (χ0) is 14.0. The topological polar surface area (TPSA) is 29.5 Å². The van der Waals surface area contributed by atoms with Crippen LogP contribution in [-0.2, 0) is 0 Å². The zero-order valence-corrected chi connectivity index (χ0v) is 11.6. The van der Waals surface area contributed by atoms with E-state index in [1.165, 1.54) is 43.3 Å². The van der Waals surface area contributed by atoms with Crippen molar-refractivity contribution in [3.63, 3.8) is 0 Å². The molecular formula is C14H11BrF2O2. The van der Waals surface area contributed by atoms with Crippen molar-refractivity contribution in [3.8, 4) is 11.5 Å². The van der Waals surface area contributed by atoms with E-state index in [-0.39, 0.29) is 11.5 Å². The predicted molar refractivity (Wildman–Crippen MR) is 71.2 cm³/mol. The molecule has 0 aliphatic carbocycles. The molecule has 2 aromatic carbocycles. The second-order valence-electron chi connectivity index (χ2n) is 4.03. The molecular weight excluding hydrogens is 318 g/mol. The lowest BCUT2D eigenvalue weighted by Gasteiger charge is -2.14. The van der Waals surface area contributed by atoms with Gasteiger partial charge in [0.25, 0.3) is 0 Å². The third-order valence-corrected chi connectivity index (χ3v) is 3.19. The number of hydrogen-bond acceptors (Lipinski definition) is 2. The number of hydrogen-bond donors (Lipinski definition) is 1. The van der Waals surface area contributed by atoms with Gasteiger partial charge >= 0.3 is 0 Å². The maximum Gasteiger partial charge on any atom is 0.144 e. The minimum atomic E-state index is -0.891. The fourth-order valence-electron chi connectivity index (χ4n) is 1.61. The molecule has 0 saturated carbocycles. The molecule has 0 spiro atoms. The van der Waals surface area contributed by atoms with Gasteiger partial charge in [0.05, 0.1) is 10.6 Å². The van der Waals surface area contributed by atoms with E-state index in [1.54, 1.807) is 0 Å². The summed E-state index contributed by atoms with van der Waals surface area (Å²) >= 11 is 3.24. The highest BCUT2D eigenvalue weighted by atomic mass is 79.9. The van der Waals surface area contributed by atoms with Crippen molar-refractivity contribution < 1.29 is 18.6 Å². The standard InChI is InChI=1S/C14H11BrF2O2/c1-8(18)11-6-9(16)3-5-13(11)19-14-7-10(17)2-4-12(14)15/h2-8,18H,1H3. The Labute approximate surface area is 117 Å². The van der Waals surface area contributed by atoms with Crippen molar-refractivity contribution in [2.24, 2.45) is 0 Å². The van der Waals surface area contributed by atoms with Crippen LogP contribution in [-0.4, -0.2) is 5.11 Å². The zero-order valence-electron chi connectivity index (χ0n) is 10.0. The van der Waals surface area contributed by atoms with Gasteiger partial charge in [0.1, 0.15) is 23.1 Å². The van der Waals surface area contributed by atoms with Crippen LogP contribution >= 0.6 is 15.9 Å². The van der Waals surface area contributed by atoms with Crippen molar-refractivity contribution >= 4 is 15.9 Å². The molecule has 2 nitrogen and oxygen atoms in total. The maximum absolute atomic E-state index is 13.2. The van der Waals surface area contributed by atoms with Crippen LogP contribution in [0.25, 0.3) is 0 Å². The van der Waals surface area contributed by atoms with Gasteiger partial charge in [0.2, 0.25) is 0 Å². The Morgan fingerprint density at radius 3 is 2.37 bits per heavy atom. The molecule has 19 heavy (non-hydrogen) atoms. The molecule has 0 aromatic heterocycles. The molecule has 0 bridgehead atoms. The van der Waals surface area contributed by atoms with Crippen LogP contribution in [0.15, 0.2) is 40.9 Å². The lowest BCUT2D eigenvalue weighted by molar-refractivity contribution is 0.195. The number of aliphatic hydroxyl groups excluding tert-OH is 1. The number of benzene rings is 2. The molecule has 1 unspecified atom stereocenters. The van der Waals surface area contributed by atoms with Crippen LogP contribution in [0.3, 0.4) is 0 Å². The monoisotopic (exact) mass is 328 g/mol. The molecule has 2 aromatic rings. The maximum atomic E-state index is 13.2. The average Bonchev–Trinajstić information content (AvgIpc) is 2.35. The normalized spacial score (nSPS) is 12.3. The lowest BCUT2D eigenvalue weighted by Crippen LogP contribution is -1.97. The summed E-state index contributed by atoms with van der Waals surface area (Å²) in [6.45, 7) is 1.50. The molecule has 2 rings (SSSR count). The summed E-state index contributed by atoms with van der Waals surface area (Å²) in [7, 11) is 0. The van der Waals surface area contributed by atoms with Crippen molar-refractivity contribution in [2.75, 3.05) is 0 Å². The highest BCUT2D eigenvalue weighted by molar-refractivity contribution is 9.10. The summed E-state index contributed by atoms with van der Waals surface area (Å²) in [6.07, 6.45) is -0.891. The average molecular weight is 329 g/mol. The van der Waals surface area contributed by atoms with Crippen molar-refractivity contribution in [1.29, 1.82) is 0 Å². The molecule has 100 valence electrons. The first-order valence-corrected chi connectivity index (χ1v) is 6.37. The van der Waals surface area contributed by atoms with Gasteiger partial charge in [-0.05, 0) is 53.2 Å². The highest BCUT2D eigenvalue weighted by Gasteiger charge is 2.13. The molecule has 0 aliphatic rings. The van der Waals surface area contributed by atoms with E-state index in [2.05, 4.69) is 15.9 Å². The quantitative estimate of drug-likeness (QED) is 0.894. The van der Waals surface area contributed by atoms with E-state index < -0.39 is 17.7 Å². The van der Waals surface area contributed by atoms with Gasteiger partial charge in [0, 0.05) is 11.6 Å². The summed E-state index contributed by atoms with van der Waals surface area (Å²) in [4.78, 5) is 0. The highest BCUT2D eigenvalue weighted by Crippen LogP contribution is 2.34. The molecule has 0 amide bonds. The van der Waals surface area contributed by atoms with Crippen molar-refractivity contribution in [2.45, 2.75) is 13.0 Å². The Morgan fingerprint density at radius 2 is 1.68 bits per heavy atom. The lowest BCUT2D eigenvalue weighted by atomic mass is 10.1. The molecule has 0 fully saturated rings. The smallest absolute Gasteiger partial charge is 0.144 e. The van der Waals surface area contributed by atoms with Gasteiger partial charge in [-0.15, -0.1) is 0 Å². The third-order valence-electron chi connectivity index (χ3n) is 2.54. The Bertz CT molecular complexity index is 600. The Kier molecular flexibility index (Phi) is 4.17. The van der Waals surface area contributed by atoms with Crippen LogP contribution in [0, 0.1) is 11.6 Å². The number of aliphatic hydroxyl groups is 1. The largest absolute Gasteiger partial charge is 0.456 e.